The van der Waals surface area contributed by atoms with Crippen molar-refractivity contribution in [1.82, 2.24) is 5.32 Å². The van der Waals surface area contributed by atoms with Crippen LogP contribution in [0.4, 0.5) is 14.5 Å². The van der Waals surface area contributed by atoms with Crippen LogP contribution in [-0.4, -0.2) is 31.1 Å². The van der Waals surface area contributed by atoms with E-state index in [4.69, 9.17) is 4.74 Å². The maximum atomic E-state index is 13.3. The minimum atomic E-state index is -1.01. The van der Waals surface area contributed by atoms with Crippen LogP contribution in [0.2, 0.25) is 0 Å². The van der Waals surface area contributed by atoms with Crippen molar-refractivity contribution in [3.63, 3.8) is 0 Å². The molecule has 0 fully saturated rings. The predicted octanol–water partition coefficient (Wildman–Crippen LogP) is 1.83. The van der Waals surface area contributed by atoms with Crippen molar-refractivity contribution in [3.8, 4) is 0 Å². The van der Waals surface area contributed by atoms with Crippen LogP contribution in [0.3, 0.4) is 0 Å². The molecule has 2 N–H and O–H groups in total. The summed E-state index contributed by atoms with van der Waals surface area (Å²) in [5.74, 6) is -3.60. The molecule has 0 saturated carbocycles. The van der Waals surface area contributed by atoms with Crippen molar-refractivity contribution in [3.05, 3.63) is 29.8 Å². The lowest BCUT2D eigenvalue weighted by atomic mass is 10.3. The molecule has 7 heteroatoms. The van der Waals surface area contributed by atoms with E-state index >= 15 is 0 Å². The van der Waals surface area contributed by atoms with Crippen molar-refractivity contribution < 1.29 is 23.1 Å². The molecule has 0 heterocycles. The van der Waals surface area contributed by atoms with E-state index in [1.54, 1.807) is 0 Å². The molecule has 0 aliphatic rings. The predicted molar refractivity (Wildman–Crippen MR) is 73.7 cm³/mol. The quantitative estimate of drug-likeness (QED) is 0.622. The molecular formula is C14H18F2N2O3. The average Bonchev–Trinajstić information content (AvgIpc) is 2.40. The fourth-order valence-electron chi connectivity index (χ4n) is 1.44. The summed E-state index contributed by atoms with van der Waals surface area (Å²) in [5.41, 5.74) is -0.250. The summed E-state index contributed by atoms with van der Waals surface area (Å²) in [6, 6.07) is 2.66. The van der Waals surface area contributed by atoms with Crippen molar-refractivity contribution in [2.45, 2.75) is 26.4 Å². The number of rotatable bonds is 6. The molecule has 0 unspecified atom stereocenters. The van der Waals surface area contributed by atoms with Gasteiger partial charge in [0.15, 0.2) is 0 Å². The Morgan fingerprint density at radius 1 is 1.24 bits per heavy atom. The van der Waals surface area contributed by atoms with Gasteiger partial charge in [-0.05, 0) is 32.4 Å². The standard InChI is InChI=1S/C14H18F2N2O3/c1-9(2)21-7-3-6-17-13(19)14(20)18-12-5-4-10(15)8-11(12)16/h4-5,8-9H,3,6-7H2,1-2H3,(H,17,19)(H,18,20). The molecule has 0 aliphatic heterocycles. The molecule has 2 amide bonds. The number of hydrogen-bond acceptors (Lipinski definition) is 3. The van der Waals surface area contributed by atoms with Crippen LogP contribution in [0, 0.1) is 11.6 Å². The maximum absolute atomic E-state index is 13.3. The first-order valence-corrected chi connectivity index (χ1v) is 6.56. The fraction of sp³-hybridized carbons (Fsp3) is 0.429. The van der Waals surface area contributed by atoms with Gasteiger partial charge in [0.05, 0.1) is 11.8 Å². The number of halogens is 2. The normalized spacial score (nSPS) is 10.5. The van der Waals surface area contributed by atoms with Crippen LogP contribution >= 0.6 is 0 Å². The summed E-state index contributed by atoms with van der Waals surface area (Å²) in [6.07, 6.45) is 0.660. The molecule has 0 saturated heterocycles. The van der Waals surface area contributed by atoms with Crippen molar-refractivity contribution in [2.24, 2.45) is 0 Å². The minimum absolute atomic E-state index is 0.102. The Hall–Kier alpha value is -2.02. The van der Waals surface area contributed by atoms with E-state index in [9.17, 15) is 18.4 Å². The summed E-state index contributed by atoms with van der Waals surface area (Å²) in [4.78, 5) is 23.0. The van der Waals surface area contributed by atoms with E-state index in [1.165, 1.54) is 0 Å². The molecule has 1 aromatic carbocycles. The van der Waals surface area contributed by atoms with E-state index in [0.29, 0.717) is 19.1 Å². The molecule has 21 heavy (non-hydrogen) atoms. The number of hydrogen-bond donors (Lipinski definition) is 2. The van der Waals surface area contributed by atoms with Crippen LogP contribution in [0.1, 0.15) is 20.3 Å². The van der Waals surface area contributed by atoms with Gasteiger partial charge in [0.2, 0.25) is 0 Å². The lowest BCUT2D eigenvalue weighted by Crippen LogP contribution is -2.36. The van der Waals surface area contributed by atoms with Gasteiger partial charge in [-0.2, -0.15) is 0 Å². The molecular weight excluding hydrogens is 282 g/mol. The number of nitrogens with one attached hydrogen (secondary N) is 2. The summed E-state index contributed by atoms with van der Waals surface area (Å²) < 4.78 is 31.3. The minimum Gasteiger partial charge on any atom is -0.379 e. The highest BCUT2D eigenvalue weighted by atomic mass is 19.1. The SMILES string of the molecule is CC(C)OCCCNC(=O)C(=O)Nc1ccc(F)cc1F. The van der Waals surface area contributed by atoms with Gasteiger partial charge >= 0.3 is 11.8 Å². The Balaban J connectivity index is 2.36. The molecule has 1 aromatic rings. The zero-order valence-electron chi connectivity index (χ0n) is 11.9. The first-order valence-electron chi connectivity index (χ1n) is 6.56. The van der Waals surface area contributed by atoms with Crippen LogP contribution in [-0.2, 0) is 14.3 Å². The highest BCUT2D eigenvalue weighted by molar-refractivity contribution is 6.39. The lowest BCUT2D eigenvalue weighted by Gasteiger charge is -2.09. The second-order valence-corrected chi connectivity index (χ2v) is 4.61. The van der Waals surface area contributed by atoms with Crippen LogP contribution < -0.4 is 10.6 Å². The Kier molecular flexibility index (Phi) is 6.74. The van der Waals surface area contributed by atoms with Crippen molar-refractivity contribution in [1.29, 1.82) is 0 Å². The number of amides is 2. The second kappa shape index (κ2) is 8.31. The number of ether oxygens (including phenoxy) is 1. The average molecular weight is 300 g/mol. The Labute approximate surface area is 121 Å². The van der Waals surface area contributed by atoms with Gasteiger partial charge in [-0.3, -0.25) is 9.59 Å². The molecule has 1 rings (SSSR count). The summed E-state index contributed by atoms with van der Waals surface area (Å²) in [7, 11) is 0. The number of benzene rings is 1. The van der Waals surface area contributed by atoms with Gasteiger partial charge in [0.1, 0.15) is 11.6 Å². The van der Waals surface area contributed by atoms with Gasteiger partial charge in [0, 0.05) is 19.2 Å². The Morgan fingerprint density at radius 2 is 1.95 bits per heavy atom. The number of carbonyl (C=O) groups is 2. The maximum Gasteiger partial charge on any atom is 0.313 e. The van der Waals surface area contributed by atoms with E-state index in [-0.39, 0.29) is 18.3 Å². The molecule has 0 aromatic heterocycles. The number of carbonyl (C=O) groups excluding carboxylic acids is 2. The van der Waals surface area contributed by atoms with E-state index < -0.39 is 23.4 Å². The first-order chi connectivity index (χ1) is 9.90. The van der Waals surface area contributed by atoms with E-state index in [1.807, 2.05) is 13.8 Å². The van der Waals surface area contributed by atoms with Crippen molar-refractivity contribution in [2.75, 3.05) is 18.5 Å². The van der Waals surface area contributed by atoms with Crippen LogP contribution in [0.25, 0.3) is 0 Å². The van der Waals surface area contributed by atoms with Crippen molar-refractivity contribution >= 4 is 17.5 Å². The first kappa shape index (κ1) is 17.0. The Morgan fingerprint density at radius 3 is 2.57 bits per heavy atom. The summed E-state index contributed by atoms with van der Waals surface area (Å²) >= 11 is 0. The molecule has 0 aliphatic carbocycles. The Bertz CT molecular complexity index is 507. The summed E-state index contributed by atoms with van der Waals surface area (Å²) in [6.45, 7) is 4.52. The highest BCUT2D eigenvalue weighted by Gasteiger charge is 2.15. The third kappa shape index (κ3) is 6.31. The monoisotopic (exact) mass is 300 g/mol. The third-order valence-electron chi connectivity index (χ3n) is 2.44. The molecule has 0 spiro atoms. The molecule has 0 bridgehead atoms. The largest absolute Gasteiger partial charge is 0.379 e. The van der Waals surface area contributed by atoms with Gasteiger partial charge < -0.3 is 15.4 Å². The third-order valence-corrected chi connectivity index (χ3v) is 2.44. The van der Waals surface area contributed by atoms with E-state index in [0.717, 1.165) is 12.1 Å². The topological polar surface area (TPSA) is 67.4 Å². The van der Waals surface area contributed by atoms with Gasteiger partial charge in [-0.1, -0.05) is 0 Å². The molecule has 0 radical (unpaired) electrons. The second-order valence-electron chi connectivity index (χ2n) is 4.61. The summed E-state index contributed by atoms with van der Waals surface area (Å²) in [5, 5.41) is 4.45. The van der Waals surface area contributed by atoms with Crippen LogP contribution in [0.15, 0.2) is 18.2 Å². The van der Waals surface area contributed by atoms with Crippen LogP contribution in [0.5, 0.6) is 0 Å². The molecule has 116 valence electrons. The fourth-order valence-corrected chi connectivity index (χ4v) is 1.44. The smallest absolute Gasteiger partial charge is 0.313 e. The molecule has 5 nitrogen and oxygen atoms in total. The highest BCUT2D eigenvalue weighted by Crippen LogP contribution is 2.14. The zero-order chi connectivity index (χ0) is 15.8. The lowest BCUT2D eigenvalue weighted by molar-refractivity contribution is -0.136. The zero-order valence-corrected chi connectivity index (χ0v) is 11.9. The number of anilines is 1. The van der Waals surface area contributed by atoms with Gasteiger partial charge in [0.25, 0.3) is 0 Å². The van der Waals surface area contributed by atoms with Gasteiger partial charge in [-0.25, -0.2) is 8.78 Å². The molecule has 0 atom stereocenters. The van der Waals surface area contributed by atoms with Gasteiger partial charge in [-0.15, -0.1) is 0 Å². The van der Waals surface area contributed by atoms with E-state index in [2.05, 4.69) is 10.6 Å².